The normalized spacial score (nSPS) is 15.0. The summed E-state index contributed by atoms with van der Waals surface area (Å²) in [5.74, 6) is 1.32. The molecule has 1 aliphatic rings. The van der Waals surface area contributed by atoms with Crippen molar-refractivity contribution in [1.29, 1.82) is 0 Å². The first-order valence-corrected chi connectivity index (χ1v) is 13.2. The van der Waals surface area contributed by atoms with E-state index < -0.39 is 16.1 Å². The Morgan fingerprint density at radius 3 is 2.26 bits per heavy atom. The Labute approximate surface area is 202 Å². The average molecular weight is 491 g/mol. The van der Waals surface area contributed by atoms with Crippen LogP contribution in [-0.4, -0.2) is 52.6 Å². The summed E-state index contributed by atoms with van der Waals surface area (Å²) >= 11 is 0. The lowest BCUT2D eigenvalue weighted by molar-refractivity contribution is 0.0720. The van der Waals surface area contributed by atoms with Gasteiger partial charge in [-0.3, -0.25) is 4.79 Å². The van der Waals surface area contributed by atoms with Crippen LogP contribution in [0, 0.1) is 0 Å². The number of nitrogens with zero attached hydrogens (tertiary/aromatic N) is 1. The number of carbonyl (C=O) groups is 1. The Morgan fingerprint density at radius 1 is 0.971 bits per heavy atom. The highest BCUT2D eigenvalue weighted by molar-refractivity contribution is 7.89. The monoisotopic (exact) mass is 490 g/mol. The molecule has 0 saturated carbocycles. The summed E-state index contributed by atoms with van der Waals surface area (Å²) in [5, 5.41) is 0. The Balaban J connectivity index is 1.85. The summed E-state index contributed by atoms with van der Waals surface area (Å²) in [6, 6.07) is 9.20. The van der Waals surface area contributed by atoms with E-state index in [9.17, 15) is 13.2 Å². The standard InChI is InChI=1S/C25H34N2O6S/c1-5-32-23-12-10-19(16-24(23)33-6-2)18(3)26-34(29,30)20-11-13-22(31-4)21(17-20)25(28)27-14-8-7-9-15-27/h10-13,16-18,26H,5-9,14-15H2,1-4H3. The first-order chi connectivity index (χ1) is 16.3. The number of ether oxygens (including phenoxy) is 3. The van der Waals surface area contributed by atoms with Crippen LogP contribution in [0.4, 0.5) is 0 Å². The van der Waals surface area contributed by atoms with Crippen LogP contribution in [0.15, 0.2) is 41.3 Å². The maximum Gasteiger partial charge on any atom is 0.257 e. The van der Waals surface area contributed by atoms with E-state index in [1.807, 2.05) is 13.8 Å². The number of carbonyl (C=O) groups excluding carboxylic acids is 1. The first-order valence-electron chi connectivity index (χ1n) is 11.7. The van der Waals surface area contributed by atoms with Crippen LogP contribution in [0.2, 0.25) is 0 Å². The largest absolute Gasteiger partial charge is 0.496 e. The third-order valence-corrected chi connectivity index (χ3v) is 7.29. The smallest absolute Gasteiger partial charge is 0.257 e. The first kappa shape index (κ1) is 25.8. The number of nitrogens with one attached hydrogen (secondary N) is 1. The zero-order chi connectivity index (χ0) is 24.7. The van der Waals surface area contributed by atoms with Crippen LogP contribution < -0.4 is 18.9 Å². The number of methoxy groups -OCH3 is 1. The molecule has 186 valence electrons. The summed E-state index contributed by atoms with van der Waals surface area (Å²) in [6.07, 6.45) is 2.97. The molecule has 1 fully saturated rings. The van der Waals surface area contributed by atoms with E-state index >= 15 is 0 Å². The maximum atomic E-state index is 13.2. The van der Waals surface area contributed by atoms with Gasteiger partial charge in [0.1, 0.15) is 5.75 Å². The van der Waals surface area contributed by atoms with Gasteiger partial charge in [0.05, 0.1) is 30.8 Å². The van der Waals surface area contributed by atoms with Crippen molar-refractivity contribution in [3.63, 3.8) is 0 Å². The number of piperidine rings is 1. The Morgan fingerprint density at radius 2 is 1.62 bits per heavy atom. The number of sulfonamides is 1. The second kappa shape index (κ2) is 11.6. The minimum absolute atomic E-state index is 0.0106. The fourth-order valence-electron chi connectivity index (χ4n) is 3.99. The van der Waals surface area contributed by atoms with Gasteiger partial charge in [0.15, 0.2) is 11.5 Å². The van der Waals surface area contributed by atoms with Crippen molar-refractivity contribution >= 4 is 15.9 Å². The van der Waals surface area contributed by atoms with Crippen molar-refractivity contribution in [2.75, 3.05) is 33.4 Å². The van der Waals surface area contributed by atoms with Crippen LogP contribution in [0.5, 0.6) is 17.2 Å². The van der Waals surface area contributed by atoms with Gasteiger partial charge in [-0.05, 0) is 75.9 Å². The quantitative estimate of drug-likeness (QED) is 0.538. The van der Waals surface area contributed by atoms with Crippen LogP contribution in [0.25, 0.3) is 0 Å². The molecule has 2 aromatic carbocycles. The van der Waals surface area contributed by atoms with Gasteiger partial charge in [0.25, 0.3) is 5.91 Å². The number of rotatable bonds is 10. The molecule has 0 aromatic heterocycles. The number of hydrogen-bond acceptors (Lipinski definition) is 6. The van der Waals surface area contributed by atoms with Crippen LogP contribution in [0.1, 0.15) is 62.0 Å². The SMILES string of the molecule is CCOc1ccc(C(C)NS(=O)(=O)c2ccc(OC)c(C(=O)N3CCCCC3)c2)cc1OCC. The second-order valence-electron chi connectivity index (χ2n) is 8.13. The van der Waals surface area contributed by atoms with Crippen LogP contribution in [-0.2, 0) is 10.0 Å². The molecule has 2 aromatic rings. The molecule has 34 heavy (non-hydrogen) atoms. The van der Waals surface area contributed by atoms with E-state index in [0.29, 0.717) is 43.6 Å². The summed E-state index contributed by atoms with van der Waals surface area (Å²) in [7, 11) is -2.44. The second-order valence-corrected chi connectivity index (χ2v) is 9.84. The highest BCUT2D eigenvalue weighted by Gasteiger charge is 2.26. The van der Waals surface area contributed by atoms with Gasteiger partial charge in [-0.15, -0.1) is 0 Å². The number of benzene rings is 2. The lowest BCUT2D eigenvalue weighted by Crippen LogP contribution is -2.36. The fourth-order valence-corrected chi connectivity index (χ4v) is 5.25. The van der Waals surface area contributed by atoms with E-state index in [0.717, 1.165) is 24.8 Å². The molecule has 1 saturated heterocycles. The molecule has 8 nitrogen and oxygen atoms in total. The Hall–Kier alpha value is -2.78. The van der Waals surface area contributed by atoms with Crippen molar-refractivity contribution in [1.82, 2.24) is 9.62 Å². The molecular weight excluding hydrogens is 456 g/mol. The van der Waals surface area contributed by atoms with Gasteiger partial charge >= 0.3 is 0 Å². The van der Waals surface area contributed by atoms with Crippen molar-refractivity contribution in [2.24, 2.45) is 0 Å². The van der Waals surface area contributed by atoms with E-state index in [-0.39, 0.29) is 16.4 Å². The number of hydrogen-bond donors (Lipinski definition) is 1. The third-order valence-electron chi connectivity index (χ3n) is 5.75. The zero-order valence-electron chi connectivity index (χ0n) is 20.3. The molecular formula is C25H34N2O6S. The van der Waals surface area contributed by atoms with Gasteiger partial charge in [0, 0.05) is 19.1 Å². The van der Waals surface area contributed by atoms with Crippen LogP contribution >= 0.6 is 0 Å². The minimum atomic E-state index is -3.91. The molecule has 1 N–H and O–H groups in total. The highest BCUT2D eigenvalue weighted by atomic mass is 32.2. The summed E-state index contributed by atoms with van der Waals surface area (Å²) in [5.41, 5.74) is 0.980. The molecule has 1 heterocycles. The number of amides is 1. The lowest BCUT2D eigenvalue weighted by Gasteiger charge is -2.27. The van der Waals surface area contributed by atoms with Gasteiger partial charge < -0.3 is 19.1 Å². The molecule has 1 atom stereocenters. The summed E-state index contributed by atoms with van der Waals surface area (Å²) < 4.78 is 45.7. The highest BCUT2D eigenvalue weighted by Crippen LogP contribution is 2.32. The van der Waals surface area contributed by atoms with Gasteiger partial charge in [-0.2, -0.15) is 0 Å². The molecule has 1 aliphatic heterocycles. The molecule has 9 heteroatoms. The van der Waals surface area contributed by atoms with E-state index in [1.165, 1.54) is 25.3 Å². The summed E-state index contributed by atoms with van der Waals surface area (Å²) in [6.45, 7) is 7.80. The van der Waals surface area contributed by atoms with E-state index in [1.54, 1.807) is 30.0 Å². The Kier molecular flexibility index (Phi) is 8.79. The molecule has 1 unspecified atom stereocenters. The fraction of sp³-hybridized carbons (Fsp3) is 0.480. The average Bonchev–Trinajstić information content (AvgIpc) is 2.84. The van der Waals surface area contributed by atoms with E-state index in [2.05, 4.69) is 4.72 Å². The van der Waals surface area contributed by atoms with Crippen molar-refractivity contribution in [2.45, 2.75) is 51.0 Å². The molecule has 0 spiro atoms. The van der Waals surface area contributed by atoms with Crippen molar-refractivity contribution in [3.8, 4) is 17.2 Å². The van der Waals surface area contributed by atoms with Gasteiger partial charge in [0.2, 0.25) is 10.0 Å². The predicted molar refractivity (Wildman–Crippen MR) is 130 cm³/mol. The molecule has 0 bridgehead atoms. The topological polar surface area (TPSA) is 94.2 Å². The lowest BCUT2D eigenvalue weighted by atomic mass is 10.1. The van der Waals surface area contributed by atoms with Gasteiger partial charge in [-0.1, -0.05) is 6.07 Å². The van der Waals surface area contributed by atoms with Crippen molar-refractivity contribution < 1.29 is 27.4 Å². The molecule has 0 radical (unpaired) electrons. The minimum Gasteiger partial charge on any atom is -0.496 e. The molecule has 1 amide bonds. The summed E-state index contributed by atoms with van der Waals surface area (Å²) in [4.78, 5) is 14.9. The molecule has 0 aliphatic carbocycles. The van der Waals surface area contributed by atoms with Crippen molar-refractivity contribution in [3.05, 3.63) is 47.5 Å². The number of likely N-dealkylation sites (tertiary alicyclic amines) is 1. The molecule has 3 rings (SSSR count). The van der Waals surface area contributed by atoms with Crippen LogP contribution in [0.3, 0.4) is 0 Å². The third kappa shape index (κ3) is 6.01. The zero-order valence-corrected chi connectivity index (χ0v) is 21.1. The Bertz CT molecular complexity index is 1100. The van der Waals surface area contributed by atoms with Gasteiger partial charge in [-0.25, -0.2) is 13.1 Å². The maximum absolute atomic E-state index is 13.2. The predicted octanol–water partition coefficient (Wildman–Crippen LogP) is 4.16. The van der Waals surface area contributed by atoms with E-state index in [4.69, 9.17) is 14.2 Å².